The van der Waals surface area contributed by atoms with Gasteiger partial charge in [-0.1, -0.05) is 18.2 Å². The summed E-state index contributed by atoms with van der Waals surface area (Å²) in [5.74, 6) is 0.377. The minimum absolute atomic E-state index is 0.147. The van der Waals surface area contributed by atoms with Crippen LogP contribution in [0, 0.1) is 0 Å². The van der Waals surface area contributed by atoms with Crippen LogP contribution >= 0.6 is 11.8 Å². The van der Waals surface area contributed by atoms with Gasteiger partial charge in [0.1, 0.15) is 0 Å². The van der Waals surface area contributed by atoms with Gasteiger partial charge in [-0.3, -0.25) is 9.69 Å². The van der Waals surface area contributed by atoms with Crippen LogP contribution in [0.1, 0.15) is 19.3 Å². The zero-order valence-electron chi connectivity index (χ0n) is 13.3. The molecular formula is C17H26N2O2S. The number of carboxylic acids is 1. The number of aliphatic carboxylic acids is 1. The zero-order chi connectivity index (χ0) is 15.8. The second-order valence-electron chi connectivity index (χ2n) is 5.90. The third-order valence-corrected chi connectivity index (χ3v) is 5.21. The molecule has 0 radical (unpaired) electrons. The van der Waals surface area contributed by atoms with E-state index < -0.39 is 5.97 Å². The van der Waals surface area contributed by atoms with Crippen molar-refractivity contribution in [2.24, 2.45) is 0 Å². The minimum Gasteiger partial charge on any atom is -0.480 e. The van der Waals surface area contributed by atoms with Crippen molar-refractivity contribution in [3.63, 3.8) is 0 Å². The van der Waals surface area contributed by atoms with Crippen LogP contribution in [0.4, 0.5) is 0 Å². The third-order valence-electron chi connectivity index (χ3n) is 4.22. The van der Waals surface area contributed by atoms with E-state index in [0.717, 1.165) is 44.6 Å². The molecule has 0 aromatic heterocycles. The molecule has 1 saturated heterocycles. The number of benzene rings is 1. The predicted molar refractivity (Wildman–Crippen MR) is 91.5 cm³/mol. The molecule has 1 aromatic carbocycles. The number of hydrogen-bond donors (Lipinski definition) is 1. The van der Waals surface area contributed by atoms with Crippen molar-refractivity contribution in [2.45, 2.75) is 30.2 Å². The van der Waals surface area contributed by atoms with E-state index in [4.69, 9.17) is 5.11 Å². The summed E-state index contributed by atoms with van der Waals surface area (Å²) >= 11 is 1.91. The van der Waals surface area contributed by atoms with E-state index >= 15 is 0 Å². The van der Waals surface area contributed by atoms with Gasteiger partial charge in [-0.25, -0.2) is 0 Å². The first-order valence-corrected chi connectivity index (χ1v) is 8.96. The summed E-state index contributed by atoms with van der Waals surface area (Å²) in [5, 5.41) is 8.91. The molecule has 1 atom stereocenters. The quantitative estimate of drug-likeness (QED) is 0.782. The first-order chi connectivity index (χ1) is 10.6. The highest BCUT2D eigenvalue weighted by atomic mass is 32.2. The Morgan fingerprint density at radius 1 is 1.32 bits per heavy atom. The molecule has 4 nitrogen and oxygen atoms in total. The molecule has 1 heterocycles. The fourth-order valence-electron chi connectivity index (χ4n) is 2.95. The van der Waals surface area contributed by atoms with Gasteiger partial charge < -0.3 is 10.0 Å². The smallest absolute Gasteiger partial charge is 0.317 e. The first-order valence-electron chi connectivity index (χ1n) is 7.97. The number of rotatable bonds is 7. The van der Waals surface area contributed by atoms with Crippen LogP contribution in [0.25, 0.3) is 0 Å². The monoisotopic (exact) mass is 322 g/mol. The Kier molecular flexibility index (Phi) is 7.22. The molecule has 1 fully saturated rings. The molecule has 122 valence electrons. The van der Waals surface area contributed by atoms with Gasteiger partial charge in [0.05, 0.1) is 6.54 Å². The average Bonchev–Trinajstić information content (AvgIpc) is 2.73. The molecule has 1 unspecified atom stereocenters. The first kappa shape index (κ1) is 17.3. The molecule has 1 aliphatic heterocycles. The molecule has 0 spiro atoms. The van der Waals surface area contributed by atoms with Crippen molar-refractivity contribution >= 4 is 17.7 Å². The number of hydrogen-bond acceptors (Lipinski definition) is 4. The van der Waals surface area contributed by atoms with Gasteiger partial charge in [-0.15, -0.1) is 11.8 Å². The topological polar surface area (TPSA) is 43.8 Å². The molecule has 0 bridgehead atoms. The van der Waals surface area contributed by atoms with Gasteiger partial charge in [0.2, 0.25) is 0 Å². The van der Waals surface area contributed by atoms with Gasteiger partial charge in [-0.2, -0.15) is 0 Å². The minimum atomic E-state index is -0.733. The number of likely N-dealkylation sites (N-methyl/N-ethyl adjacent to an activating group) is 1. The van der Waals surface area contributed by atoms with E-state index in [-0.39, 0.29) is 6.54 Å². The lowest BCUT2D eigenvalue weighted by Gasteiger charge is -2.25. The molecule has 0 amide bonds. The van der Waals surface area contributed by atoms with Crippen molar-refractivity contribution in [2.75, 3.05) is 39.0 Å². The fraction of sp³-hybridized carbons (Fsp3) is 0.588. The Labute approximate surface area is 137 Å². The highest BCUT2D eigenvalue weighted by Crippen LogP contribution is 2.19. The molecule has 22 heavy (non-hydrogen) atoms. The average molecular weight is 322 g/mol. The van der Waals surface area contributed by atoms with E-state index in [1.807, 2.05) is 29.8 Å². The van der Waals surface area contributed by atoms with Gasteiger partial charge >= 0.3 is 5.97 Å². The Morgan fingerprint density at radius 3 is 2.82 bits per heavy atom. The van der Waals surface area contributed by atoms with E-state index in [0.29, 0.717) is 6.04 Å². The van der Waals surface area contributed by atoms with Crippen LogP contribution < -0.4 is 0 Å². The number of thioether (sulfide) groups is 1. The van der Waals surface area contributed by atoms with Crippen molar-refractivity contribution in [3.05, 3.63) is 30.3 Å². The van der Waals surface area contributed by atoms with Crippen LogP contribution in [-0.4, -0.2) is 65.9 Å². The molecule has 1 N–H and O–H groups in total. The highest BCUT2D eigenvalue weighted by molar-refractivity contribution is 7.99. The van der Waals surface area contributed by atoms with Crippen LogP contribution in [-0.2, 0) is 4.79 Å². The van der Waals surface area contributed by atoms with Gasteiger partial charge in [-0.05, 0) is 51.5 Å². The lowest BCUT2D eigenvalue weighted by molar-refractivity contribution is -0.138. The number of nitrogens with zero attached hydrogens (tertiary/aromatic N) is 2. The lowest BCUT2D eigenvalue weighted by Crippen LogP contribution is -2.36. The summed E-state index contributed by atoms with van der Waals surface area (Å²) in [6, 6.07) is 10.9. The number of carbonyl (C=O) groups is 1. The van der Waals surface area contributed by atoms with E-state index in [2.05, 4.69) is 29.2 Å². The predicted octanol–water partition coefficient (Wildman–Crippen LogP) is 2.65. The maximum absolute atomic E-state index is 10.8. The maximum Gasteiger partial charge on any atom is 0.317 e. The largest absolute Gasteiger partial charge is 0.480 e. The van der Waals surface area contributed by atoms with Gasteiger partial charge in [0, 0.05) is 23.2 Å². The van der Waals surface area contributed by atoms with Crippen LogP contribution in [0.2, 0.25) is 0 Å². The summed E-state index contributed by atoms with van der Waals surface area (Å²) in [5.41, 5.74) is 0. The Morgan fingerprint density at radius 2 is 2.09 bits per heavy atom. The molecule has 0 aliphatic carbocycles. The van der Waals surface area contributed by atoms with E-state index in [1.165, 1.54) is 4.90 Å². The fourth-order valence-corrected chi connectivity index (χ4v) is 3.89. The Bertz CT molecular complexity index is 455. The van der Waals surface area contributed by atoms with Crippen molar-refractivity contribution < 1.29 is 9.90 Å². The molecule has 2 rings (SSSR count). The van der Waals surface area contributed by atoms with E-state index in [9.17, 15) is 4.79 Å². The van der Waals surface area contributed by atoms with E-state index in [1.54, 1.807) is 0 Å². The van der Waals surface area contributed by atoms with Crippen molar-refractivity contribution in [1.82, 2.24) is 9.80 Å². The third kappa shape index (κ3) is 5.99. The summed E-state index contributed by atoms with van der Waals surface area (Å²) in [6.45, 7) is 3.46. The molecule has 0 saturated carbocycles. The van der Waals surface area contributed by atoms with Crippen molar-refractivity contribution in [3.8, 4) is 0 Å². The summed E-state index contributed by atoms with van der Waals surface area (Å²) in [4.78, 5) is 16.7. The SMILES string of the molecule is CN(CC(=O)O)C1CCCN(CCSc2ccccc2)CC1. The maximum atomic E-state index is 10.8. The highest BCUT2D eigenvalue weighted by Gasteiger charge is 2.21. The molecular weight excluding hydrogens is 296 g/mol. The molecule has 1 aliphatic rings. The Hall–Kier alpha value is -1.04. The van der Waals surface area contributed by atoms with Gasteiger partial charge in [0.25, 0.3) is 0 Å². The summed E-state index contributed by atoms with van der Waals surface area (Å²) < 4.78 is 0. The van der Waals surface area contributed by atoms with Crippen LogP contribution in [0.5, 0.6) is 0 Å². The number of carboxylic acid groups (broad SMARTS) is 1. The standard InChI is InChI=1S/C17H26N2O2S/c1-18(14-17(20)21)15-6-5-10-19(11-9-15)12-13-22-16-7-3-2-4-8-16/h2-4,7-8,15H,5-6,9-14H2,1H3,(H,20,21). The number of likely N-dealkylation sites (tertiary alicyclic amines) is 1. The lowest BCUT2D eigenvalue weighted by atomic mass is 10.1. The van der Waals surface area contributed by atoms with Crippen LogP contribution in [0.3, 0.4) is 0 Å². The van der Waals surface area contributed by atoms with Crippen LogP contribution in [0.15, 0.2) is 35.2 Å². The molecule has 1 aromatic rings. The second kappa shape index (κ2) is 9.18. The zero-order valence-corrected chi connectivity index (χ0v) is 14.1. The molecule has 5 heteroatoms. The normalized spacial score (nSPS) is 20.0. The summed E-state index contributed by atoms with van der Waals surface area (Å²) in [6.07, 6.45) is 3.33. The summed E-state index contributed by atoms with van der Waals surface area (Å²) in [7, 11) is 1.93. The second-order valence-corrected chi connectivity index (χ2v) is 7.07. The Balaban J connectivity index is 1.70. The van der Waals surface area contributed by atoms with Gasteiger partial charge in [0.15, 0.2) is 0 Å². The van der Waals surface area contributed by atoms with Crippen molar-refractivity contribution in [1.29, 1.82) is 0 Å².